The summed E-state index contributed by atoms with van der Waals surface area (Å²) in [5.41, 5.74) is 2.43. The number of hydrogen-bond acceptors (Lipinski definition) is 5. The number of piperazine rings is 1. The van der Waals surface area contributed by atoms with Crippen LogP contribution in [0.3, 0.4) is 0 Å². The van der Waals surface area contributed by atoms with Gasteiger partial charge in [0.1, 0.15) is 0 Å². The van der Waals surface area contributed by atoms with Crippen LogP contribution in [-0.4, -0.2) is 47.0 Å². The van der Waals surface area contributed by atoms with Crippen molar-refractivity contribution >= 4 is 11.9 Å². The van der Waals surface area contributed by atoms with Gasteiger partial charge in [0.25, 0.3) is 0 Å². The third-order valence-corrected chi connectivity index (χ3v) is 5.81. The Morgan fingerprint density at radius 1 is 1.07 bits per heavy atom. The third-order valence-electron chi connectivity index (χ3n) is 5.81. The van der Waals surface area contributed by atoms with Crippen LogP contribution >= 0.6 is 0 Å². The van der Waals surface area contributed by atoms with Gasteiger partial charge in [0.05, 0.1) is 5.54 Å². The van der Waals surface area contributed by atoms with E-state index in [9.17, 15) is 4.79 Å². The van der Waals surface area contributed by atoms with Gasteiger partial charge in [0.15, 0.2) is 0 Å². The van der Waals surface area contributed by atoms with Crippen LogP contribution in [0.4, 0.5) is 5.95 Å². The van der Waals surface area contributed by atoms with E-state index in [1.807, 2.05) is 6.07 Å². The molecule has 2 aliphatic rings. The van der Waals surface area contributed by atoms with Crippen LogP contribution in [0.5, 0.6) is 0 Å². The maximum absolute atomic E-state index is 11.5. The SMILES string of the molecule is CC(=O)NC1(c2ccc(C(C)N3CCN(c4ncccn4)CC3)cc2)CC1. The predicted octanol–water partition coefficient (Wildman–Crippen LogP) is 2.49. The Morgan fingerprint density at radius 3 is 2.26 bits per heavy atom. The van der Waals surface area contributed by atoms with Crippen molar-refractivity contribution < 1.29 is 4.79 Å². The zero-order valence-electron chi connectivity index (χ0n) is 16.1. The quantitative estimate of drug-likeness (QED) is 0.882. The minimum absolute atomic E-state index is 0.0465. The molecular formula is C21H27N5O. The Kier molecular flexibility index (Phi) is 4.83. The molecule has 1 atom stereocenters. The normalized spacial score (nSPS) is 20.1. The van der Waals surface area contributed by atoms with Gasteiger partial charge in [0.2, 0.25) is 11.9 Å². The zero-order chi connectivity index (χ0) is 18.9. The van der Waals surface area contributed by atoms with Crippen LogP contribution < -0.4 is 10.2 Å². The second kappa shape index (κ2) is 7.27. The number of amides is 1. The number of rotatable bonds is 5. The first-order valence-corrected chi connectivity index (χ1v) is 9.73. The summed E-state index contributed by atoms with van der Waals surface area (Å²) in [5.74, 6) is 0.868. The molecule has 1 saturated heterocycles. The lowest BCUT2D eigenvalue weighted by Crippen LogP contribution is -2.47. The highest BCUT2D eigenvalue weighted by Crippen LogP contribution is 2.45. The van der Waals surface area contributed by atoms with Gasteiger partial charge >= 0.3 is 0 Å². The Labute approximate surface area is 160 Å². The maximum Gasteiger partial charge on any atom is 0.225 e. The Hall–Kier alpha value is -2.47. The van der Waals surface area contributed by atoms with Crippen LogP contribution in [0, 0.1) is 0 Å². The van der Waals surface area contributed by atoms with Crippen LogP contribution in [0.25, 0.3) is 0 Å². The molecule has 6 nitrogen and oxygen atoms in total. The van der Waals surface area contributed by atoms with E-state index in [4.69, 9.17) is 0 Å². The summed E-state index contributed by atoms with van der Waals surface area (Å²) in [6, 6.07) is 11.0. The van der Waals surface area contributed by atoms with Crippen molar-refractivity contribution in [2.45, 2.75) is 38.3 Å². The van der Waals surface area contributed by atoms with Crippen LogP contribution in [0.2, 0.25) is 0 Å². The molecule has 0 bridgehead atoms. The van der Waals surface area contributed by atoms with Crippen molar-refractivity contribution in [1.29, 1.82) is 0 Å². The van der Waals surface area contributed by atoms with Crippen LogP contribution in [0.1, 0.15) is 43.9 Å². The van der Waals surface area contributed by atoms with Crippen molar-refractivity contribution in [3.05, 3.63) is 53.9 Å². The summed E-state index contributed by atoms with van der Waals surface area (Å²) in [4.78, 5) is 24.9. The van der Waals surface area contributed by atoms with E-state index < -0.39 is 0 Å². The number of nitrogens with zero attached hydrogens (tertiary/aromatic N) is 4. The largest absolute Gasteiger partial charge is 0.347 e. The summed E-state index contributed by atoms with van der Waals surface area (Å²) < 4.78 is 0. The van der Waals surface area contributed by atoms with E-state index in [1.165, 1.54) is 11.1 Å². The maximum atomic E-state index is 11.5. The summed E-state index contributed by atoms with van der Waals surface area (Å²) in [7, 11) is 0. The number of anilines is 1. The van der Waals surface area contributed by atoms with Gasteiger partial charge in [-0.1, -0.05) is 24.3 Å². The Bertz CT molecular complexity index is 780. The van der Waals surface area contributed by atoms with Gasteiger partial charge in [-0.15, -0.1) is 0 Å². The summed E-state index contributed by atoms with van der Waals surface area (Å²) in [6.07, 6.45) is 5.66. The average Bonchev–Trinajstić information content (AvgIpc) is 3.48. The summed E-state index contributed by atoms with van der Waals surface area (Å²) in [5, 5.41) is 3.11. The number of aromatic nitrogens is 2. The van der Waals surface area contributed by atoms with Gasteiger partial charge in [-0.05, 0) is 37.0 Å². The molecule has 1 aromatic carbocycles. The molecule has 6 heteroatoms. The summed E-state index contributed by atoms with van der Waals surface area (Å²) in [6.45, 7) is 7.74. The van der Waals surface area contributed by atoms with Gasteiger partial charge in [-0.2, -0.15) is 0 Å². The third kappa shape index (κ3) is 3.81. The van der Waals surface area contributed by atoms with Crippen molar-refractivity contribution in [3.8, 4) is 0 Å². The van der Waals surface area contributed by atoms with E-state index in [-0.39, 0.29) is 11.4 Å². The van der Waals surface area contributed by atoms with E-state index in [0.717, 1.165) is 45.0 Å². The number of benzene rings is 1. The van der Waals surface area contributed by atoms with Gasteiger partial charge < -0.3 is 10.2 Å². The predicted molar refractivity (Wildman–Crippen MR) is 105 cm³/mol. The standard InChI is InChI=1S/C21H27N5O/c1-16(25-12-14-26(15-13-25)20-22-10-3-11-23-20)18-4-6-19(7-5-18)21(8-9-21)24-17(2)27/h3-7,10-11,16H,8-9,12-15H2,1-2H3,(H,24,27). The number of carbonyl (C=O) groups excluding carboxylic acids is 1. The monoisotopic (exact) mass is 365 g/mol. The van der Waals surface area contributed by atoms with Crippen molar-refractivity contribution in [2.75, 3.05) is 31.1 Å². The molecule has 142 valence electrons. The fourth-order valence-electron chi connectivity index (χ4n) is 4.00. The van der Waals surface area contributed by atoms with E-state index in [1.54, 1.807) is 19.3 Å². The smallest absolute Gasteiger partial charge is 0.225 e. The van der Waals surface area contributed by atoms with Crippen LogP contribution in [0.15, 0.2) is 42.7 Å². The lowest BCUT2D eigenvalue weighted by molar-refractivity contribution is -0.120. The number of carbonyl (C=O) groups is 1. The van der Waals surface area contributed by atoms with Crippen molar-refractivity contribution in [1.82, 2.24) is 20.2 Å². The second-order valence-corrected chi connectivity index (χ2v) is 7.63. The summed E-state index contributed by atoms with van der Waals surface area (Å²) >= 11 is 0. The lowest BCUT2D eigenvalue weighted by Gasteiger charge is -2.38. The fraction of sp³-hybridized carbons (Fsp3) is 0.476. The minimum Gasteiger partial charge on any atom is -0.347 e. The molecule has 1 N–H and O–H groups in total. The van der Waals surface area contributed by atoms with Crippen molar-refractivity contribution in [3.63, 3.8) is 0 Å². The fourth-order valence-corrected chi connectivity index (χ4v) is 4.00. The molecule has 1 amide bonds. The molecule has 1 aromatic heterocycles. The molecule has 1 unspecified atom stereocenters. The van der Waals surface area contributed by atoms with E-state index >= 15 is 0 Å². The van der Waals surface area contributed by atoms with Gasteiger partial charge in [-0.3, -0.25) is 9.69 Å². The highest BCUT2D eigenvalue weighted by Gasteiger charge is 2.45. The topological polar surface area (TPSA) is 61.4 Å². The molecule has 2 fully saturated rings. The van der Waals surface area contributed by atoms with E-state index in [2.05, 4.69) is 56.3 Å². The highest BCUT2D eigenvalue weighted by atomic mass is 16.1. The molecule has 0 spiro atoms. The van der Waals surface area contributed by atoms with Crippen molar-refractivity contribution in [2.24, 2.45) is 0 Å². The number of nitrogens with one attached hydrogen (secondary N) is 1. The Morgan fingerprint density at radius 2 is 1.70 bits per heavy atom. The molecule has 1 aliphatic heterocycles. The molecule has 0 radical (unpaired) electrons. The molecule has 2 heterocycles. The number of hydrogen-bond donors (Lipinski definition) is 1. The van der Waals surface area contributed by atoms with Gasteiger partial charge in [-0.25, -0.2) is 9.97 Å². The molecule has 2 aromatic rings. The first kappa shape index (κ1) is 17.9. The molecule has 27 heavy (non-hydrogen) atoms. The molecular weight excluding hydrogens is 338 g/mol. The minimum atomic E-state index is -0.116. The Balaban J connectivity index is 1.38. The highest BCUT2D eigenvalue weighted by molar-refractivity contribution is 5.74. The van der Waals surface area contributed by atoms with Crippen LogP contribution in [-0.2, 0) is 10.3 Å². The second-order valence-electron chi connectivity index (χ2n) is 7.63. The molecule has 1 saturated carbocycles. The molecule has 4 rings (SSSR count). The van der Waals surface area contributed by atoms with Gasteiger partial charge in [0, 0.05) is 51.5 Å². The van der Waals surface area contributed by atoms with E-state index in [0.29, 0.717) is 6.04 Å². The first-order valence-electron chi connectivity index (χ1n) is 9.73. The molecule has 1 aliphatic carbocycles. The zero-order valence-corrected chi connectivity index (χ0v) is 16.1. The average molecular weight is 365 g/mol. The lowest BCUT2D eigenvalue weighted by atomic mass is 9.99. The first-order chi connectivity index (χ1) is 13.1.